The monoisotopic (exact) mass is 438 g/mol. The van der Waals surface area contributed by atoms with Crippen molar-refractivity contribution in [1.29, 1.82) is 0 Å². The molecule has 0 spiro atoms. The van der Waals surface area contributed by atoms with Crippen LogP contribution in [0, 0.1) is 5.82 Å². The second-order valence-corrected chi connectivity index (χ2v) is 9.49. The van der Waals surface area contributed by atoms with Crippen LogP contribution in [0.5, 0.6) is 0 Å². The van der Waals surface area contributed by atoms with E-state index in [-0.39, 0.29) is 23.2 Å². The lowest BCUT2D eigenvalue weighted by Gasteiger charge is -2.41. The van der Waals surface area contributed by atoms with Crippen LogP contribution in [0.15, 0.2) is 60.2 Å². The number of rotatable bonds is 6. The number of carbonyl (C=O) groups excluding carboxylic acids is 1. The van der Waals surface area contributed by atoms with E-state index < -0.39 is 6.29 Å². The highest BCUT2D eigenvalue weighted by molar-refractivity contribution is 5.91. The van der Waals surface area contributed by atoms with Crippen LogP contribution < -0.4 is 5.32 Å². The predicted molar refractivity (Wildman–Crippen MR) is 121 cm³/mol. The number of carbonyl (C=O) groups is 1. The topological polar surface area (TPSA) is 50.8 Å². The molecule has 2 aromatic carbocycles. The molecule has 1 N–H and O–H groups in total. The summed E-state index contributed by atoms with van der Waals surface area (Å²) in [6, 6.07) is 14.7. The van der Waals surface area contributed by atoms with Gasteiger partial charge in [-0.1, -0.05) is 57.2 Å². The van der Waals surface area contributed by atoms with Gasteiger partial charge in [0.15, 0.2) is 6.29 Å². The summed E-state index contributed by atoms with van der Waals surface area (Å²) in [5.41, 5.74) is 4.36. The Balaban J connectivity index is 1.54. The normalized spacial score (nSPS) is 22.0. The minimum atomic E-state index is -0.502. The quantitative estimate of drug-likeness (QED) is 0.738. The van der Waals surface area contributed by atoms with Crippen molar-refractivity contribution in [1.82, 2.24) is 10.2 Å². The minimum Gasteiger partial charge on any atom is -0.349 e. The lowest BCUT2D eigenvalue weighted by atomic mass is 9.86. The van der Waals surface area contributed by atoms with Crippen LogP contribution >= 0.6 is 0 Å². The van der Waals surface area contributed by atoms with E-state index in [1.54, 1.807) is 18.2 Å². The summed E-state index contributed by atoms with van der Waals surface area (Å²) in [5.74, 6) is -0.333. The van der Waals surface area contributed by atoms with Gasteiger partial charge in [-0.3, -0.25) is 9.69 Å². The third kappa shape index (κ3) is 5.44. The van der Waals surface area contributed by atoms with E-state index in [0.717, 1.165) is 16.7 Å². The Bertz CT molecular complexity index is 981. The maximum absolute atomic E-state index is 13.6. The van der Waals surface area contributed by atoms with Gasteiger partial charge in [-0.15, -0.1) is 0 Å². The number of nitrogens with one attached hydrogen (secondary N) is 1. The molecule has 6 heteroatoms. The highest BCUT2D eigenvalue weighted by atomic mass is 19.1. The highest BCUT2D eigenvalue weighted by Gasteiger charge is 2.35. The van der Waals surface area contributed by atoms with Gasteiger partial charge in [0.25, 0.3) is 0 Å². The molecule has 170 valence electrons. The Hall–Kier alpha value is -2.54. The van der Waals surface area contributed by atoms with Crippen LogP contribution in [0.2, 0.25) is 0 Å². The maximum Gasteiger partial charge on any atom is 0.244 e. The molecule has 0 unspecified atom stereocenters. The number of hydrogen-bond acceptors (Lipinski definition) is 4. The lowest BCUT2D eigenvalue weighted by molar-refractivity contribution is -0.215. The van der Waals surface area contributed by atoms with Gasteiger partial charge >= 0.3 is 0 Å². The first-order chi connectivity index (χ1) is 15.3. The van der Waals surface area contributed by atoms with Crippen LogP contribution in [0.3, 0.4) is 0 Å². The fourth-order valence-electron chi connectivity index (χ4n) is 4.19. The van der Waals surface area contributed by atoms with Crippen molar-refractivity contribution in [2.75, 3.05) is 26.2 Å². The molecular formula is C26H31FN2O3. The summed E-state index contributed by atoms with van der Waals surface area (Å²) >= 11 is 0. The number of morpholine rings is 1. The second kappa shape index (κ2) is 9.53. The first-order valence-corrected chi connectivity index (χ1v) is 11.1. The number of halogens is 1. The van der Waals surface area contributed by atoms with Crippen LogP contribution in [0.4, 0.5) is 4.39 Å². The first-order valence-electron chi connectivity index (χ1n) is 11.1. The van der Waals surface area contributed by atoms with E-state index in [1.165, 1.54) is 17.7 Å². The van der Waals surface area contributed by atoms with E-state index in [1.807, 2.05) is 0 Å². The van der Waals surface area contributed by atoms with Gasteiger partial charge in [-0.25, -0.2) is 4.39 Å². The van der Waals surface area contributed by atoms with Crippen molar-refractivity contribution >= 4 is 5.91 Å². The molecule has 0 bridgehead atoms. The third-order valence-electron chi connectivity index (χ3n) is 5.96. The summed E-state index contributed by atoms with van der Waals surface area (Å²) in [6.07, 6.45) is 1.16. The smallest absolute Gasteiger partial charge is 0.244 e. The van der Waals surface area contributed by atoms with Gasteiger partial charge in [-0.2, -0.15) is 0 Å². The van der Waals surface area contributed by atoms with E-state index >= 15 is 0 Å². The summed E-state index contributed by atoms with van der Waals surface area (Å²) in [5, 5.41) is 2.83. The van der Waals surface area contributed by atoms with Crippen molar-refractivity contribution in [3.8, 4) is 0 Å². The van der Waals surface area contributed by atoms with Crippen molar-refractivity contribution in [3.05, 3.63) is 82.7 Å². The molecule has 0 aliphatic carbocycles. The first kappa shape index (κ1) is 22.6. The highest BCUT2D eigenvalue weighted by Crippen LogP contribution is 2.32. The molecule has 1 amide bonds. The molecule has 0 saturated carbocycles. The van der Waals surface area contributed by atoms with Gasteiger partial charge in [0.2, 0.25) is 5.91 Å². The molecule has 2 aliphatic rings. The number of ether oxygens (including phenoxy) is 2. The van der Waals surface area contributed by atoms with Gasteiger partial charge in [0.1, 0.15) is 5.82 Å². The Kier molecular flexibility index (Phi) is 6.74. The van der Waals surface area contributed by atoms with Crippen molar-refractivity contribution in [3.63, 3.8) is 0 Å². The average Bonchev–Trinajstić information content (AvgIpc) is 3.17. The largest absolute Gasteiger partial charge is 0.349 e. The molecule has 0 aromatic heterocycles. The number of amides is 1. The molecule has 1 saturated heterocycles. The van der Waals surface area contributed by atoms with Crippen LogP contribution in [0.1, 0.15) is 43.5 Å². The van der Waals surface area contributed by atoms with Crippen molar-refractivity contribution in [2.45, 2.75) is 45.1 Å². The minimum absolute atomic E-state index is 0.0573. The fourth-order valence-corrected chi connectivity index (χ4v) is 4.19. The van der Waals surface area contributed by atoms with Gasteiger partial charge in [-0.05, 0) is 39.8 Å². The Morgan fingerprint density at radius 2 is 1.97 bits per heavy atom. The molecule has 2 atom stereocenters. The van der Waals surface area contributed by atoms with Gasteiger partial charge in [0.05, 0.1) is 19.3 Å². The molecule has 2 aromatic rings. The summed E-state index contributed by atoms with van der Waals surface area (Å²) < 4.78 is 25.9. The average molecular weight is 439 g/mol. The van der Waals surface area contributed by atoms with E-state index in [0.29, 0.717) is 32.8 Å². The second-order valence-electron chi connectivity index (χ2n) is 9.49. The number of hydrogen-bond donors (Lipinski definition) is 1. The molecular weight excluding hydrogens is 407 g/mol. The zero-order valence-corrected chi connectivity index (χ0v) is 18.9. The van der Waals surface area contributed by atoms with E-state index in [9.17, 15) is 9.18 Å². The summed E-state index contributed by atoms with van der Waals surface area (Å²) in [4.78, 5) is 13.9. The Morgan fingerprint density at radius 1 is 1.19 bits per heavy atom. The molecule has 1 fully saturated rings. The predicted octanol–water partition coefficient (Wildman–Crippen LogP) is 4.10. The van der Waals surface area contributed by atoms with Gasteiger partial charge in [0, 0.05) is 25.7 Å². The van der Waals surface area contributed by atoms with Crippen LogP contribution in [0.25, 0.3) is 0 Å². The summed E-state index contributed by atoms with van der Waals surface area (Å²) in [6.45, 7) is 9.40. The maximum atomic E-state index is 13.6. The van der Waals surface area contributed by atoms with Crippen molar-refractivity contribution < 1.29 is 18.7 Å². The van der Waals surface area contributed by atoms with Crippen molar-refractivity contribution in [2.24, 2.45) is 0 Å². The fraction of sp³-hybridized carbons (Fsp3) is 0.423. The zero-order valence-electron chi connectivity index (χ0n) is 18.9. The SMILES string of the molecule is CC(C)(C)c1cccc(CO[C@H]2OCCN(CC3=CC(=O)NC3)[C@H]2c2ccc(F)cc2)c1. The molecule has 4 rings (SSSR count). The van der Waals surface area contributed by atoms with E-state index in [4.69, 9.17) is 9.47 Å². The number of nitrogens with zero attached hydrogens (tertiary/aromatic N) is 1. The Morgan fingerprint density at radius 3 is 2.66 bits per heavy atom. The molecule has 2 aliphatic heterocycles. The zero-order chi connectivity index (χ0) is 22.7. The third-order valence-corrected chi connectivity index (χ3v) is 5.96. The lowest BCUT2D eigenvalue weighted by Crippen LogP contribution is -2.47. The summed E-state index contributed by atoms with van der Waals surface area (Å²) in [7, 11) is 0. The van der Waals surface area contributed by atoms with Crippen LogP contribution in [-0.4, -0.2) is 43.3 Å². The number of benzene rings is 2. The van der Waals surface area contributed by atoms with Crippen LogP contribution in [-0.2, 0) is 26.3 Å². The van der Waals surface area contributed by atoms with E-state index in [2.05, 4.69) is 55.3 Å². The molecule has 0 radical (unpaired) electrons. The van der Waals surface area contributed by atoms with Gasteiger partial charge < -0.3 is 14.8 Å². The molecule has 5 nitrogen and oxygen atoms in total. The molecule has 32 heavy (non-hydrogen) atoms. The standard InChI is InChI=1S/C26H31FN2O3/c1-26(2,3)21-6-4-5-18(13-21)17-32-25-24(20-7-9-22(27)10-8-20)29(11-12-31-25)16-19-14-23(30)28-15-19/h4-10,13-14,24-25H,11-12,15-17H2,1-3H3,(H,28,30)/t24-,25+/m0/s1. The molecule has 2 heterocycles. The Labute approximate surface area is 189 Å².